The molecule has 3 nitrogen and oxygen atoms in total. The van der Waals surface area contributed by atoms with Crippen LogP contribution >= 0.6 is 0 Å². The molecule has 0 bridgehead atoms. The van der Waals surface area contributed by atoms with E-state index in [-0.39, 0.29) is 12.2 Å². The van der Waals surface area contributed by atoms with Crippen LogP contribution in [0.3, 0.4) is 0 Å². The Balaban J connectivity index is 2.19. The van der Waals surface area contributed by atoms with Gasteiger partial charge in [0.25, 0.3) is 0 Å². The van der Waals surface area contributed by atoms with E-state index in [0.29, 0.717) is 11.6 Å². The second-order valence-corrected chi connectivity index (χ2v) is 4.36. The first-order chi connectivity index (χ1) is 8.26. The van der Waals surface area contributed by atoms with Crippen LogP contribution in [0.4, 0.5) is 10.1 Å². The number of nitrogens with zero attached hydrogens (tertiary/aromatic N) is 2. The van der Waals surface area contributed by atoms with Crippen molar-refractivity contribution in [3.8, 4) is 6.07 Å². The summed E-state index contributed by atoms with van der Waals surface area (Å²) in [6, 6.07) is 6.64. The van der Waals surface area contributed by atoms with Crippen molar-refractivity contribution in [1.29, 1.82) is 5.26 Å². The Labute approximate surface area is 100 Å². The average Bonchev–Trinajstić information content (AvgIpc) is 2.78. The summed E-state index contributed by atoms with van der Waals surface area (Å²) in [5.74, 6) is -0.0228. The number of halogens is 1. The lowest BCUT2D eigenvalue weighted by molar-refractivity contribution is 0.263. The highest BCUT2D eigenvalue weighted by Crippen LogP contribution is 2.29. The molecule has 90 valence electrons. The third-order valence-corrected chi connectivity index (χ3v) is 3.27. The molecule has 1 atom stereocenters. The zero-order chi connectivity index (χ0) is 12.3. The van der Waals surface area contributed by atoms with Crippen LogP contribution in [0.15, 0.2) is 18.2 Å². The van der Waals surface area contributed by atoms with Crippen LogP contribution in [-0.2, 0) is 0 Å². The molecule has 0 saturated carbocycles. The van der Waals surface area contributed by atoms with Crippen molar-refractivity contribution in [2.45, 2.75) is 12.8 Å². The van der Waals surface area contributed by atoms with Gasteiger partial charge in [0.15, 0.2) is 0 Å². The molecule has 0 aromatic heterocycles. The zero-order valence-corrected chi connectivity index (χ0v) is 9.56. The number of aliphatic hydroxyl groups excluding tert-OH is 1. The molecule has 1 aromatic carbocycles. The molecule has 0 aliphatic carbocycles. The summed E-state index contributed by atoms with van der Waals surface area (Å²) in [4.78, 5) is 2.03. The van der Waals surface area contributed by atoms with Gasteiger partial charge in [-0.1, -0.05) is 6.07 Å². The van der Waals surface area contributed by atoms with E-state index in [1.54, 1.807) is 12.1 Å². The highest BCUT2D eigenvalue weighted by Gasteiger charge is 2.24. The molecule has 1 unspecified atom stereocenters. The van der Waals surface area contributed by atoms with Crippen molar-refractivity contribution in [2.75, 3.05) is 24.6 Å². The number of benzene rings is 1. The van der Waals surface area contributed by atoms with Gasteiger partial charge in [0.05, 0.1) is 5.69 Å². The van der Waals surface area contributed by atoms with Gasteiger partial charge in [-0.25, -0.2) is 4.39 Å². The minimum Gasteiger partial charge on any atom is -0.396 e. The molecule has 1 aromatic rings. The minimum absolute atomic E-state index is 0.122. The maximum absolute atomic E-state index is 13.5. The fraction of sp³-hybridized carbons (Fsp3) is 0.462. The minimum atomic E-state index is -0.462. The molecule has 1 heterocycles. The molecule has 1 saturated heterocycles. The summed E-state index contributed by atoms with van der Waals surface area (Å²) < 4.78 is 13.5. The second-order valence-electron chi connectivity index (χ2n) is 4.36. The van der Waals surface area contributed by atoms with Gasteiger partial charge in [-0.05, 0) is 30.9 Å². The van der Waals surface area contributed by atoms with Gasteiger partial charge in [-0.15, -0.1) is 0 Å². The van der Waals surface area contributed by atoms with Crippen LogP contribution in [0.1, 0.15) is 18.4 Å². The third-order valence-electron chi connectivity index (χ3n) is 3.27. The van der Waals surface area contributed by atoms with Crippen LogP contribution in [0.5, 0.6) is 0 Å². The maximum Gasteiger partial charge on any atom is 0.143 e. The van der Waals surface area contributed by atoms with Crippen molar-refractivity contribution in [3.05, 3.63) is 29.6 Å². The standard InChI is InChI=1S/C13H15FN2O/c14-12-2-1-3-13(11(12)8-15)16-6-4-10(9-16)5-7-17/h1-3,10,17H,4-7,9H2. The Hall–Kier alpha value is -1.60. The first-order valence-corrected chi connectivity index (χ1v) is 5.80. The smallest absolute Gasteiger partial charge is 0.143 e. The number of aliphatic hydroxyl groups is 1. The Bertz CT molecular complexity index is 442. The molecule has 0 radical (unpaired) electrons. The molecule has 4 heteroatoms. The second kappa shape index (κ2) is 5.15. The van der Waals surface area contributed by atoms with Gasteiger partial charge < -0.3 is 10.0 Å². The van der Waals surface area contributed by atoms with Crippen LogP contribution < -0.4 is 4.90 Å². The largest absolute Gasteiger partial charge is 0.396 e. The number of hydrogen-bond donors (Lipinski definition) is 1. The lowest BCUT2D eigenvalue weighted by Gasteiger charge is -2.20. The van der Waals surface area contributed by atoms with Gasteiger partial charge in [0.1, 0.15) is 17.4 Å². The van der Waals surface area contributed by atoms with Crippen molar-refractivity contribution < 1.29 is 9.50 Å². The molecule has 1 aliphatic rings. The third kappa shape index (κ3) is 2.40. The number of hydrogen-bond acceptors (Lipinski definition) is 3. The van der Waals surface area contributed by atoms with Crippen LogP contribution in [-0.4, -0.2) is 24.8 Å². The van der Waals surface area contributed by atoms with Gasteiger partial charge in [-0.2, -0.15) is 5.26 Å². The van der Waals surface area contributed by atoms with E-state index in [0.717, 1.165) is 25.9 Å². The molecule has 1 N–H and O–H groups in total. The lowest BCUT2D eigenvalue weighted by Crippen LogP contribution is -2.21. The van der Waals surface area contributed by atoms with Crippen molar-refractivity contribution >= 4 is 5.69 Å². The molecule has 17 heavy (non-hydrogen) atoms. The van der Waals surface area contributed by atoms with E-state index in [1.807, 2.05) is 11.0 Å². The Morgan fingerprint density at radius 2 is 2.35 bits per heavy atom. The summed E-state index contributed by atoms with van der Waals surface area (Å²) in [6.45, 7) is 1.80. The summed E-state index contributed by atoms with van der Waals surface area (Å²) >= 11 is 0. The first-order valence-electron chi connectivity index (χ1n) is 5.80. The number of rotatable bonds is 3. The molecule has 1 aliphatic heterocycles. The fourth-order valence-corrected chi connectivity index (χ4v) is 2.36. The Morgan fingerprint density at radius 3 is 3.06 bits per heavy atom. The highest BCUT2D eigenvalue weighted by molar-refractivity contribution is 5.60. The van der Waals surface area contributed by atoms with E-state index in [2.05, 4.69) is 0 Å². The van der Waals surface area contributed by atoms with E-state index in [4.69, 9.17) is 10.4 Å². The normalized spacial score (nSPS) is 19.4. The zero-order valence-electron chi connectivity index (χ0n) is 9.56. The molecule has 0 spiro atoms. The van der Waals surface area contributed by atoms with E-state index in [1.165, 1.54) is 6.07 Å². The van der Waals surface area contributed by atoms with E-state index >= 15 is 0 Å². The topological polar surface area (TPSA) is 47.3 Å². The van der Waals surface area contributed by atoms with Gasteiger partial charge >= 0.3 is 0 Å². The molecule has 2 rings (SSSR count). The van der Waals surface area contributed by atoms with Gasteiger partial charge in [0.2, 0.25) is 0 Å². The van der Waals surface area contributed by atoms with Gasteiger partial charge in [0, 0.05) is 19.7 Å². The lowest BCUT2D eigenvalue weighted by atomic mass is 10.1. The van der Waals surface area contributed by atoms with Crippen LogP contribution in [0.2, 0.25) is 0 Å². The predicted octanol–water partition coefficient (Wildman–Crippen LogP) is 1.91. The maximum atomic E-state index is 13.5. The molecule has 0 amide bonds. The van der Waals surface area contributed by atoms with E-state index in [9.17, 15) is 4.39 Å². The van der Waals surface area contributed by atoms with Crippen LogP contribution in [0, 0.1) is 23.1 Å². The van der Waals surface area contributed by atoms with Crippen LogP contribution in [0.25, 0.3) is 0 Å². The van der Waals surface area contributed by atoms with Crippen molar-refractivity contribution in [1.82, 2.24) is 0 Å². The summed E-state index contributed by atoms with van der Waals surface area (Å²) in [5, 5.41) is 17.9. The first kappa shape index (κ1) is 11.9. The van der Waals surface area contributed by atoms with E-state index < -0.39 is 5.82 Å². The Kier molecular flexibility index (Phi) is 3.60. The SMILES string of the molecule is N#Cc1c(F)cccc1N1CCC(CCO)C1. The van der Waals surface area contributed by atoms with Crippen molar-refractivity contribution in [3.63, 3.8) is 0 Å². The fourth-order valence-electron chi connectivity index (χ4n) is 2.36. The summed E-state index contributed by atoms with van der Waals surface area (Å²) in [7, 11) is 0. The van der Waals surface area contributed by atoms with Gasteiger partial charge in [-0.3, -0.25) is 0 Å². The number of anilines is 1. The summed E-state index contributed by atoms with van der Waals surface area (Å²) in [5.41, 5.74) is 0.796. The molecular formula is C13H15FN2O. The number of nitriles is 1. The molecular weight excluding hydrogens is 219 g/mol. The quantitative estimate of drug-likeness (QED) is 0.869. The van der Waals surface area contributed by atoms with Crippen molar-refractivity contribution in [2.24, 2.45) is 5.92 Å². The molecule has 1 fully saturated rings. The highest BCUT2D eigenvalue weighted by atomic mass is 19.1. The average molecular weight is 234 g/mol. The predicted molar refractivity (Wildman–Crippen MR) is 63.1 cm³/mol. The monoisotopic (exact) mass is 234 g/mol. The Morgan fingerprint density at radius 1 is 1.53 bits per heavy atom. The summed E-state index contributed by atoms with van der Waals surface area (Å²) in [6.07, 6.45) is 1.76.